The molecule has 17 heavy (non-hydrogen) atoms. The molecule has 2 atom stereocenters. The van der Waals surface area contributed by atoms with Crippen LogP contribution < -0.4 is 0 Å². The van der Waals surface area contributed by atoms with E-state index >= 15 is 0 Å². The molecular weight excluding hydrogens is 212 g/mol. The summed E-state index contributed by atoms with van der Waals surface area (Å²) in [4.78, 5) is 24.1. The van der Waals surface area contributed by atoms with Crippen LogP contribution in [0.3, 0.4) is 0 Å². The van der Waals surface area contributed by atoms with Crippen LogP contribution in [0.4, 0.5) is 0 Å². The quantitative estimate of drug-likeness (QED) is 0.650. The fourth-order valence-corrected chi connectivity index (χ4v) is 3.09. The van der Waals surface area contributed by atoms with Gasteiger partial charge in [0.05, 0.1) is 0 Å². The van der Waals surface area contributed by atoms with Gasteiger partial charge in [0.2, 0.25) is 0 Å². The molecule has 0 aliphatic heterocycles. The van der Waals surface area contributed by atoms with Crippen molar-refractivity contribution in [3.63, 3.8) is 0 Å². The standard InChI is InChI=1S/C15H20O2/c1-9(2)11-7-12-10(3)13(16)5-6-15(12,4)14(17)8-11/h11H,1,5-8H2,2-4H3/t11-,15+/m0/s1. The predicted molar refractivity (Wildman–Crippen MR) is 67.6 cm³/mol. The number of Topliss-reactive ketones (excluding diaryl/α,β-unsaturated/α-hetero) is 2. The topological polar surface area (TPSA) is 34.1 Å². The van der Waals surface area contributed by atoms with Crippen molar-refractivity contribution in [3.8, 4) is 0 Å². The minimum atomic E-state index is -0.371. The number of carbonyl (C=O) groups excluding carboxylic acids is 2. The van der Waals surface area contributed by atoms with E-state index < -0.39 is 0 Å². The maximum Gasteiger partial charge on any atom is 0.158 e. The van der Waals surface area contributed by atoms with E-state index in [4.69, 9.17) is 0 Å². The van der Waals surface area contributed by atoms with Crippen LogP contribution in [0, 0.1) is 11.3 Å². The average Bonchev–Trinajstić information content (AvgIpc) is 2.26. The zero-order valence-corrected chi connectivity index (χ0v) is 10.9. The summed E-state index contributed by atoms with van der Waals surface area (Å²) >= 11 is 0. The summed E-state index contributed by atoms with van der Waals surface area (Å²) in [7, 11) is 0. The van der Waals surface area contributed by atoms with Crippen molar-refractivity contribution < 1.29 is 9.59 Å². The summed E-state index contributed by atoms with van der Waals surface area (Å²) in [6.07, 6.45) is 2.65. The van der Waals surface area contributed by atoms with Crippen LogP contribution in [0.5, 0.6) is 0 Å². The SMILES string of the molecule is C=C(C)[C@@H]1CC(=O)[C@]2(C)CCC(=O)C(C)=C2C1. The summed E-state index contributed by atoms with van der Waals surface area (Å²) in [6.45, 7) is 9.82. The lowest BCUT2D eigenvalue weighted by Gasteiger charge is -2.42. The molecule has 2 aliphatic carbocycles. The highest BCUT2D eigenvalue weighted by Crippen LogP contribution is 2.49. The number of carbonyl (C=O) groups is 2. The Labute approximate surface area is 103 Å². The van der Waals surface area contributed by atoms with Gasteiger partial charge in [-0.15, -0.1) is 0 Å². The Morgan fingerprint density at radius 1 is 1.35 bits per heavy atom. The zero-order chi connectivity index (χ0) is 12.8. The molecule has 1 fully saturated rings. The van der Waals surface area contributed by atoms with Crippen molar-refractivity contribution in [2.75, 3.05) is 0 Å². The van der Waals surface area contributed by atoms with Crippen molar-refractivity contribution in [1.82, 2.24) is 0 Å². The van der Waals surface area contributed by atoms with E-state index in [1.807, 2.05) is 20.8 Å². The lowest BCUT2D eigenvalue weighted by molar-refractivity contribution is -0.130. The molecule has 0 spiro atoms. The van der Waals surface area contributed by atoms with Crippen LogP contribution in [0.1, 0.15) is 46.5 Å². The van der Waals surface area contributed by atoms with E-state index in [0.717, 1.165) is 23.1 Å². The minimum Gasteiger partial charge on any atom is -0.299 e. The van der Waals surface area contributed by atoms with Gasteiger partial charge in [-0.1, -0.05) is 12.2 Å². The van der Waals surface area contributed by atoms with Gasteiger partial charge in [-0.3, -0.25) is 9.59 Å². The van der Waals surface area contributed by atoms with Crippen LogP contribution in [0.15, 0.2) is 23.3 Å². The van der Waals surface area contributed by atoms with E-state index in [1.165, 1.54) is 0 Å². The molecule has 1 saturated carbocycles. The summed E-state index contributed by atoms with van der Waals surface area (Å²) in [5.41, 5.74) is 2.60. The Morgan fingerprint density at radius 2 is 2.00 bits per heavy atom. The molecule has 0 aromatic rings. The molecule has 0 amide bonds. The number of fused-ring (bicyclic) bond motifs is 1. The minimum absolute atomic E-state index is 0.215. The van der Waals surface area contributed by atoms with Gasteiger partial charge in [0, 0.05) is 18.3 Å². The monoisotopic (exact) mass is 232 g/mol. The molecule has 92 valence electrons. The van der Waals surface area contributed by atoms with Crippen molar-refractivity contribution in [3.05, 3.63) is 23.3 Å². The molecule has 0 aromatic heterocycles. The lowest BCUT2D eigenvalue weighted by Crippen LogP contribution is -2.41. The van der Waals surface area contributed by atoms with Crippen LogP contribution in [-0.2, 0) is 9.59 Å². The average molecular weight is 232 g/mol. The lowest BCUT2D eigenvalue weighted by atomic mass is 9.60. The highest BCUT2D eigenvalue weighted by molar-refractivity contribution is 6.01. The maximum atomic E-state index is 12.3. The molecule has 0 heterocycles. The molecule has 0 bridgehead atoms. The van der Waals surface area contributed by atoms with Crippen molar-refractivity contribution in [1.29, 1.82) is 0 Å². The second-order valence-corrected chi connectivity index (χ2v) is 5.73. The van der Waals surface area contributed by atoms with Crippen LogP contribution in [-0.4, -0.2) is 11.6 Å². The fraction of sp³-hybridized carbons (Fsp3) is 0.600. The molecule has 0 aromatic carbocycles. The Kier molecular flexibility index (Phi) is 2.84. The second kappa shape index (κ2) is 3.94. The van der Waals surface area contributed by atoms with E-state index in [9.17, 15) is 9.59 Å². The molecule has 2 nitrogen and oxygen atoms in total. The smallest absolute Gasteiger partial charge is 0.158 e. The van der Waals surface area contributed by atoms with Crippen molar-refractivity contribution in [2.45, 2.75) is 46.5 Å². The van der Waals surface area contributed by atoms with Gasteiger partial charge in [0.1, 0.15) is 5.78 Å². The highest BCUT2D eigenvalue weighted by Gasteiger charge is 2.46. The predicted octanol–water partition coefficient (Wildman–Crippen LogP) is 3.23. The largest absolute Gasteiger partial charge is 0.299 e. The summed E-state index contributed by atoms with van der Waals surface area (Å²) < 4.78 is 0. The van der Waals surface area contributed by atoms with Gasteiger partial charge in [-0.2, -0.15) is 0 Å². The van der Waals surface area contributed by atoms with E-state index in [0.29, 0.717) is 25.0 Å². The second-order valence-electron chi connectivity index (χ2n) is 5.73. The summed E-state index contributed by atoms with van der Waals surface area (Å²) in [5.74, 6) is 0.734. The first-order chi connectivity index (χ1) is 7.86. The Balaban J connectivity index is 2.46. The highest BCUT2D eigenvalue weighted by atomic mass is 16.1. The van der Waals surface area contributed by atoms with Crippen LogP contribution in [0.25, 0.3) is 0 Å². The fourth-order valence-electron chi connectivity index (χ4n) is 3.09. The number of ketones is 2. The maximum absolute atomic E-state index is 12.3. The van der Waals surface area contributed by atoms with Crippen molar-refractivity contribution >= 4 is 11.6 Å². The van der Waals surface area contributed by atoms with E-state index in [2.05, 4.69) is 6.58 Å². The van der Waals surface area contributed by atoms with Gasteiger partial charge >= 0.3 is 0 Å². The number of rotatable bonds is 1. The number of allylic oxidation sites excluding steroid dienone is 3. The van der Waals surface area contributed by atoms with Gasteiger partial charge in [-0.05, 0) is 50.7 Å². The van der Waals surface area contributed by atoms with Crippen molar-refractivity contribution in [2.24, 2.45) is 11.3 Å². The molecule has 2 heteroatoms. The molecule has 0 N–H and O–H groups in total. The molecule has 2 aliphatic rings. The zero-order valence-electron chi connectivity index (χ0n) is 10.9. The van der Waals surface area contributed by atoms with Gasteiger partial charge in [-0.25, -0.2) is 0 Å². The molecule has 0 radical (unpaired) electrons. The molecule has 0 saturated heterocycles. The third kappa shape index (κ3) is 1.80. The Morgan fingerprint density at radius 3 is 2.59 bits per heavy atom. The number of hydrogen-bond donors (Lipinski definition) is 0. The van der Waals surface area contributed by atoms with Gasteiger partial charge in [0.25, 0.3) is 0 Å². The third-order valence-electron chi connectivity index (χ3n) is 4.58. The van der Waals surface area contributed by atoms with E-state index in [-0.39, 0.29) is 17.1 Å². The Bertz CT molecular complexity index is 442. The molecule has 2 rings (SSSR count). The van der Waals surface area contributed by atoms with E-state index in [1.54, 1.807) is 0 Å². The Hall–Kier alpha value is -1.18. The van der Waals surface area contributed by atoms with Gasteiger partial charge < -0.3 is 0 Å². The third-order valence-corrected chi connectivity index (χ3v) is 4.58. The normalized spacial score (nSPS) is 33.7. The molecule has 0 unspecified atom stereocenters. The van der Waals surface area contributed by atoms with Gasteiger partial charge in [0.15, 0.2) is 5.78 Å². The first kappa shape index (κ1) is 12.3. The molecular formula is C15H20O2. The number of hydrogen-bond acceptors (Lipinski definition) is 2. The first-order valence-corrected chi connectivity index (χ1v) is 6.28. The van der Waals surface area contributed by atoms with Crippen LogP contribution in [0.2, 0.25) is 0 Å². The first-order valence-electron chi connectivity index (χ1n) is 6.28. The summed E-state index contributed by atoms with van der Waals surface area (Å²) in [5, 5.41) is 0. The summed E-state index contributed by atoms with van der Waals surface area (Å²) in [6, 6.07) is 0. The van der Waals surface area contributed by atoms with Crippen LogP contribution >= 0.6 is 0 Å².